The van der Waals surface area contributed by atoms with Crippen LogP contribution in [0.4, 0.5) is 10.5 Å². The Kier molecular flexibility index (Phi) is 4.68. The summed E-state index contributed by atoms with van der Waals surface area (Å²) >= 11 is 5.85. The minimum Gasteiger partial charge on any atom is -0.334 e. The molecule has 1 aliphatic rings. The van der Waals surface area contributed by atoms with E-state index in [0.717, 1.165) is 10.9 Å². The number of para-hydroxylation sites is 1. The normalized spacial score (nSPS) is 14.4. The molecule has 3 amide bonds. The van der Waals surface area contributed by atoms with E-state index < -0.39 is 0 Å². The molecule has 1 aromatic heterocycles. The summed E-state index contributed by atoms with van der Waals surface area (Å²) in [6.07, 6.45) is 0. The van der Waals surface area contributed by atoms with Gasteiger partial charge in [0.25, 0.3) is 5.91 Å². The topological polar surface area (TPSA) is 81.3 Å². The molecule has 2 aromatic carbocycles. The molecular formula is C19H18ClN5O2. The summed E-state index contributed by atoms with van der Waals surface area (Å²) < 4.78 is 0. The average molecular weight is 384 g/mol. The van der Waals surface area contributed by atoms with Crippen molar-refractivity contribution in [3.8, 4) is 0 Å². The van der Waals surface area contributed by atoms with Crippen LogP contribution in [0.3, 0.4) is 0 Å². The lowest BCUT2D eigenvalue weighted by Gasteiger charge is -2.34. The number of benzene rings is 2. The number of halogens is 1. The maximum atomic E-state index is 12.8. The lowest BCUT2D eigenvalue weighted by Crippen LogP contribution is -2.51. The molecule has 0 unspecified atom stereocenters. The third kappa shape index (κ3) is 3.59. The molecular weight excluding hydrogens is 366 g/mol. The average Bonchev–Trinajstić information content (AvgIpc) is 3.13. The van der Waals surface area contributed by atoms with E-state index in [1.165, 1.54) is 0 Å². The van der Waals surface area contributed by atoms with Gasteiger partial charge in [0, 0.05) is 42.3 Å². The van der Waals surface area contributed by atoms with E-state index in [2.05, 4.69) is 15.5 Å². The molecule has 1 fully saturated rings. The number of urea groups is 1. The molecule has 0 bridgehead atoms. The van der Waals surface area contributed by atoms with Crippen molar-refractivity contribution in [1.82, 2.24) is 20.0 Å². The Morgan fingerprint density at radius 1 is 0.963 bits per heavy atom. The zero-order chi connectivity index (χ0) is 18.8. The first kappa shape index (κ1) is 17.4. The summed E-state index contributed by atoms with van der Waals surface area (Å²) in [5, 5.41) is 11.3. The summed E-state index contributed by atoms with van der Waals surface area (Å²) in [6.45, 7) is 1.86. The van der Waals surface area contributed by atoms with Crippen molar-refractivity contribution in [3.63, 3.8) is 0 Å². The van der Waals surface area contributed by atoms with Gasteiger partial charge in [0.1, 0.15) is 0 Å². The molecule has 2 heterocycles. The summed E-state index contributed by atoms with van der Waals surface area (Å²) in [6, 6.07) is 14.3. The van der Waals surface area contributed by atoms with Crippen LogP contribution in [-0.4, -0.2) is 58.1 Å². The highest BCUT2D eigenvalue weighted by molar-refractivity contribution is 6.30. The molecule has 3 aromatic rings. The van der Waals surface area contributed by atoms with Crippen LogP contribution in [0.15, 0.2) is 48.5 Å². The maximum absolute atomic E-state index is 12.8. The molecule has 27 heavy (non-hydrogen) atoms. The van der Waals surface area contributed by atoms with Gasteiger partial charge in [-0.2, -0.15) is 5.10 Å². The highest BCUT2D eigenvalue weighted by Crippen LogP contribution is 2.18. The Labute approximate surface area is 160 Å². The smallest absolute Gasteiger partial charge is 0.321 e. The number of aromatic amines is 1. The predicted octanol–water partition coefficient (Wildman–Crippen LogP) is 3.21. The maximum Gasteiger partial charge on any atom is 0.321 e. The molecule has 7 nitrogen and oxygen atoms in total. The number of piperazine rings is 1. The fourth-order valence-electron chi connectivity index (χ4n) is 3.12. The molecule has 1 saturated heterocycles. The van der Waals surface area contributed by atoms with Crippen molar-refractivity contribution in [2.45, 2.75) is 0 Å². The Morgan fingerprint density at radius 3 is 2.37 bits per heavy atom. The lowest BCUT2D eigenvalue weighted by atomic mass is 10.2. The van der Waals surface area contributed by atoms with E-state index in [-0.39, 0.29) is 11.9 Å². The van der Waals surface area contributed by atoms with Crippen LogP contribution < -0.4 is 5.32 Å². The van der Waals surface area contributed by atoms with Gasteiger partial charge in [-0.25, -0.2) is 4.79 Å². The van der Waals surface area contributed by atoms with E-state index >= 15 is 0 Å². The molecule has 2 N–H and O–H groups in total. The van der Waals surface area contributed by atoms with E-state index in [0.29, 0.717) is 42.6 Å². The van der Waals surface area contributed by atoms with Gasteiger partial charge in [0.15, 0.2) is 5.69 Å². The third-order valence-electron chi connectivity index (χ3n) is 4.62. The van der Waals surface area contributed by atoms with Gasteiger partial charge in [-0.15, -0.1) is 0 Å². The number of amides is 3. The van der Waals surface area contributed by atoms with Crippen LogP contribution >= 0.6 is 11.6 Å². The van der Waals surface area contributed by atoms with E-state index in [9.17, 15) is 9.59 Å². The Morgan fingerprint density at radius 2 is 1.63 bits per heavy atom. The van der Waals surface area contributed by atoms with Crippen molar-refractivity contribution in [1.29, 1.82) is 0 Å². The first-order valence-electron chi connectivity index (χ1n) is 8.66. The number of nitrogens with one attached hydrogen (secondary N) is 2. The van der Waals surface area contributed by atoms with Crippen LogP contribution in [-0.2, 0) is 0 Å². The van der Waals surface area contributed by atoms with Crippen LogP contribution in [0, 0.1) is 0 Å². The first-order chi connectivity index (χ1) is 13.1. The summed E-state index contributed by atoms with van der Waals surface area (Å²) in [7, 11) is 0. The molecule has 8 heteroatoms. The highest BCUT2D eigenvalue weighted by atomic mass is 35.5. The minimum absolute atomic E-state index is 0.120. The number of carbonyl (C=O) groups excluding carboxylic acids is 2. The Balaban J connectivity index is 1.37. The highest BCUT2D eigenvalue weighted by Gasteiger charge is 2.27. The number of H-pyrrole nitrogens is 1. The molecule has 4 rings (SSSR count). The third-order valence-corrected chi connectivity index (χ3v) is 4.87. The van der Waals surface area contributed by atoms with Crippen LogP contribution in [0.5, 0.6) is 0 Å². The number of nitrogens with zero attached hydrogens (tertiary/aromatic N) is 3. The zero-order valence-electron chi connectivity index (χ0n) is 14.5. The Bertz CT molecular complexity index is 977. The molecule has 0 saturated carbocycles. The lowest BCUT2D eigenvalue weighted by molar-refractivity contribution is 0.0667. The van der Waals surface area contributed by atoms with Gasteiger partial charge >= 0.3 is 6.03 Å². The van der Waals surface area contributed by atoms with Crippen LogP contribution in [0.2, 0.25) is 5.02 Å². The van der Waals surface area contributed by atoms with Crippen molar-refractivity contribution in [2.75, 3.05) is 31.5 Å². The molecule has 138 valence electrons. The Hall–Kier alpha value is -3.06. The van der Waals surface area contributed by atoms with Gasteiger partial charge in [-0.05, 0) is 30.3 Å². The van der Waals surface area contributed by atoms with Gasteiger partial charge in [0.2, 0.25) is 0 Å². The van der Waals surface area contributed by atoms with Gasteiger partial charge in [-0.3, -0.25) is 9.89 Å². The zero-order valence-corrected chi connectivity index (χ0v) is 15.2. The second-order valence-corrected chi connectivity index (χ2v) is 6.77. The number of hydrogen-bond donors (Lipinski definition) is 2. The van der Waals surface area contributed by atoms with Crippen molar-refractivity contribution < 1.29 is 9.59 Å². The summed E-state index contributed by atoms with van der Waals surface area (Å²) in [4.78, 5) is 28.6. The number of aromatic nitrogens is 2. The number of hydrogen-bond acceptors (Lipinski definition) is 3. The van der Waals surface area contributed by atoms with Crippen molar-refractivity contribution in [3.05, 3.63) is 59.2 Å². The summed E-state index contributed by atoms with van der Waals surface area (Å²) in [5.74, 6) is -0.120. The number of carbonyl (C=O) groups is 2. The first-order valence-corrected chi connectivity index (χ1v) is 9.03. The number of anilines is 1. The van der Waals surface area contributed by atoms with E-state index in [4.69, 9.17) is 11.6 Å². The van der Waals surface area contributed by atoms with E-state index in [1.54, 1.807) is 34.1 Å². The van der Waals surface area contributed by atoms with Crippen LogP contribution in [0.1, 0.15) is 10.5 Å². The van der Waals surface area contributed by atoms with E-state index in [1.807, 2.05) is 24.3 Å². The SMILES string of the molecule is O=C(Nc1ccc(Cl)cc1)N1CCN(C(=O)c2n[nH]c3ccccc23)CC1. The summed E-state index contributed by atoms with van der Waals surface area (Å²) in [5.41, 5.74) is 1.94. The number of rotatable bonds is 2. The van der Waals surface area contributed by atoms with Crippen LogP contribution in [0.25, 0.3) is 10.9 Å². The van der Waals surface area contributed by atoms with Gasteiger partial charge in [-0.1, -0.05) is 29.8 Å². The fourth-order valence-corrected chi connectivity index (χ4v) is 3.25. The minimum atomic E-state index is -0.186. The van der Waals surface area contributed by atoms with Gasteiger partial charge in [0.05, 0.1) is 5.52 Å². The number of fused-ring (bicyclic) bond motifs is 1. The van der Waals surface area contributed by atoms with Crippen molar-refractivity contribution in [2.24, 2.45) is 0 Å². The molecule has 0 radical (unpaired) electrons. The fraction of sp³-hybridized carbons (Fsp3) is 0.211. The standard InChI is InChI=1S/C19H18ClN5O2/c20-13-5-7-14(8-6-13)21-19(27)25-11-9-24(10-12-25)18(26)17-15-3-1-2-4-16(15)22-23-17/h1-8H,9-12H2,(H,21,27)(H,22,23). The predicted molar refractivity (Wildman–Crippen MR) is 104 cm³/mol. The molecule has 0 spiro atoms. The quantitative estimate of drug-likeness (QED) is 0.713. The molecule has 0 aliphatic carbocycles. The largest absolute Gasteiger partial charge is 0.334 e. The van der Waals surface area contributed by atoms with Crippen molar-refractivity contribution >= 4 is 40.1 Å². The molecule has 0 atom stereocenters. The molecule has 1 aliphatic heterocycles. The second-order valence-electron chi connectivity index (χ2n) is 6.33. The monoisotopic (exact) mass is 383 g/mol. The van der Waals surface area contributed by atoms with Gasteiger partial charge < -0.3 is 15.1 Å². The second kappa shape index (κ2) is 7.28.